The Kier molecular flexibility index (Phi) is 8.79. The van der Waals surface area contributed by atoms with Gasteiger partial charge in [0.1, 0.15) is 21.6 Å². The van der Waals surface area contributed by atoms with Crippen LogP contribution in [0.1, 0.15) is 27.9 Å². The van der Waals surface area contributed by atoms with E-state index in [2.05, 4.69) is 35.7 Å². The lowest BCUT2D eigenvalue weighted by atomic mass is 10.2. The first-order valence-electron chi connectivity index (χ1n) is 14.6. The lowest BCUT2D eigenvalue weighted by molar-refractivity contribution is -0.119. The molecule has 0 saturated carbocycles. The van der Waals surface area contributed by atoms with E-state index in [1.165, 1.54) is 81.8 Å². The zero-order chi connectivity index (χ0) is 34.3. The number of fused-ring (bicyclic) bond motifs is 2. The summed E-state index contributed by atoms with van der Waals surface area (Å²) in [7, 11) is 5.77. The number of rotatable bonds is 12. The number of ketones is 1. The number of nitrogens with zero attached hydrogens (tertiary/aromatic N) is 12. The summed E-state index contributed by atoms with van der Waals surface area (Å²) in [4.78, 5) is 83.2. The number of anilines is 1. The molecule has 0 aliphatic carbocycles. The summed E-state index contributed by atoms with van der Waals surface area (Å²) in [5, 5.41) is 21.7. The molecule has 21 heteroatoms. The van der Waals surface area contributed by atoms with Crippen molar-refractivity contribution in [1.29, 1.82) is 0 Å². The molecule has 0 aliphatic rings. The maximum Gasteiger partial charge on any atom is 0.332 e. The molecule has 6 rings (SSSR count). The molecular weight excluding hydrogens is 667 g/mol. The van der Waals surface area contributed by atoms with Crippen LogP contribution in [0.25, 0.3) is 22.3 Å². The molecule has 0 spiro atoms. The van der Waals surface area contributed by atoms with Crippen molar-refractivity contribution in [1.82, 2.24) is 57.8 Å². The molecule has 19 nitrogen and oxygen atoms in total. The number of nitrogens with one attached hydrogen (secondary N) is 1. The largest absolute Gasteiger partial charge is 0.332 e. The van der Waals surface area contributed by atoms with E-state index in [4.69, 9.17) is 0 Å². The molecule has 6 aromatic heterocycles. The molecule has 6 aromatic rings. The van der Waals surface area contributed by atoms with Crippen LogP contribution in [0.2, 0.25) is 0 Å². The number of aryl methyl sites for hydroxylation is 4. The van der Waals surface area contributed by atoms with Crippen molar-refractivity contribution >= 4 is 61.8 Å². The Morgan fingerprint density at radius 3 is 1.75 bits per heavy atom. The van der Waals surface area contributed by atoms with Crippen molar-refractivity contribution < 1.29 is 9.59 Å². The smallest absolute Gasteiger partial charge is 0.317 e. The van der Waals surface area contributed by atoms with Gasteiger partial charge in [0.05, 0.1) is 25.6 Å². The fraction of sp³-hybridized carbons (Fsp3) is 0.407. The maximum absolute atomic E-state index is 12.8. The van der Waals surface area contributed by atoms with E-state index in [9.17, 15) is 28.8 Å². The number of imidazole rings is 2. The van der Waals surface area contributed by atoms with E-state index in [-0.39, 0.29) is 47.6 Å². The second-order valence-electron chi connectivity index (χ2n) is 11.1. The molecule has 0 bridgehead atoms. The van der Waals surface area contributed by atoms with Gasteiger partial charge in [-0.3, -0.25) is 42.8 Å². The molecule has 0 radical (unpaired) electrons. The van der Waals surface area contributed by atoms with Crippen LogP contribution in [0.15, 0.2) is 31.8 Å². The van der Waals surface area contributed by atoms with Gasteiger partial charge in [0.2, 0.25) is 11.0 Å². The molecule has 1 amide bonds. The predicted octanol–water partition coefficient (Wildman–Crippen LogP) is -1.10. The van der Waals surface area contributed by atoms with E-state index in [1.54, 1.807) is 0 Å². The molecule has 0 unspecified atom stereocenters. The van der Waals surface area contributed by atoms with Crippen molar-refractivity contribution in [3.8, 4) is 0 Å². The number of carbonyl (C=O) groups excluding carboxylic acids is 2. The van der Waals surface area contributed by atoms with Gasteiger partial charge in [-0.05, 0) is 12.8 Å². The van der Waals surface area contributed by atoms with Gasteiger partial charge in [0, 0.05) is 41.0 Å². The highest BCUT2D eigenvalue weighted by Gasteiger charge is 2.19. The van der Waals surface area contributed by atoms with Gasteiger partial charge in [-0.2, -0.15) is 0 Å². The summed E-state index contributed by atoms with van der Waals surface area (Å²) in [6.45, 7) is -0.289. The van der Waals surface area contributed by atoms with Crippen molar-refractivity contribution in [3.05, 3.63) is 69.4 Å². The summed E-state index contributed by atoms with van der Waals surface area (Å²) in [5.41, 5.74) is -1.32. The van der Waals surface area contributed by atoms with Crippen LogP contribution >= 0.6 is 22.7 Å². The Bertz CT molecular complexity index is 2290. The average molecular weight is 696 g/mol. The predicted molar refractivity (Wildman–Crippen MR) is 174 cm³/mol. The molecule has 1 N–H and O–H groups in total. The lowest BCUT2D eigenvalue weighted by Gasteiger charge is -2.06. The Balaban J connectivity index is 0.969. The number of carbonyl (C=O) groups is 2. The second kappa shape index (κ2) is 13.0. The van der Waals surface area contributed by atoms with Crippen molar-refractivity contribution in [2.24, 2.45) is 28.2 Å². The molecule has 0 fully saturated rings. The number of hydrogen-bond donors (Lipinski definition) is 1. The Morgan fingerprint density at radius 2 is 1.17 bits per heavy atom. The van der Waals surface area contributed by atoms with Crippen LogP contribution in [0.3, 0.4) is 0 Å². The number of Topliss-reactive ketones (excluding diaryl/α,β-unsaturated/α-hetero) is 1. The molecule has 0 aromatic carbocycles. The van der Waals surface area contributed by atoms with Gasteiger partial charge in [-0.1, -0.05) is 11.3 Å². The van der Waals surface area contributed by atoms with Crippen molar-refractivity contribution in [2.45, 2.75) is 45.2 Å². The first kappa shape index (κ1) is 32.5. The monoisotopic (exact) mass is 695 g/mol. The summed E-state index contributed by atoms with van der Waals surface area (Å²) < 4.78 is 7.29. The van der Waals surface area contributed by atoms with Crippen LogP contribution in [0, 0.1) is 0 Å². The van der Waals surface area contributed by atoms with E-state index >= 15 is 0 Å². The minimum atomic E-state index is -0.542. The summed E-state index contributed by atoms with van der Waals surface area (Å²) in [6.07, 6.45) is 5.64. The van der Waals surface area contributed by atoms with Crippen LogP contribution in [-0.2, 0) is 70.1 Å². The molecule has 48 heavy (non-hydrogen) atoms. The van der Waals surface area contributed by atoms with Crippen molar-refractivity contribution in [3.63, 3.8) is 0 Å². The van der Waals surface area contributed by atoms with E-state index in [0.717, 1.165) is 32.0 Å². The highest BCUT2D eigenvalue weighted by atomic mass is 32.1. The fourth-order valence-corrected chi connectivity index (χ4v) is 6.89. The van der Waals surface area contributed by atoms with Crippen LogP contribution in [-0.4, -0.2) is 69.5 Å². The number of unbranched alkanes of at least 4 members (excludes halogenated alkanes) is 1. The quantitative estimate of drug-likeness (QED) is 0.151. The third-order valence-electron chi connectivity index (χ3n) is 7.70. The van der Waals surface area contributed by atoms with Gasteiger partial charge >= 0.3 is 11.4 Å². The zero-order valence-corrected chi connectivity index (χ0v) is 27.9. The minimum Gasteiger partial charge on any atom is -0.317 e. The highest BCUT2D eigenvalue weighted by Crippen LogP contribution is 2.19. The molecule has 6 heterocycles. The van der Waals surface area contributed by atoms with Gasteiger partial charge in [0.15, 0.2) is 28.1 Å². The number of amides is 1. The Morgan fingerprint density at radius 1 is 0.667 bits per heavy atom. The second-order valence-corrected chi connectivity index (χ2v) is 13.3. The fourth-order valence-electron chi connectivity index (χ4n) is 5.18. The third-order valence-corrected chi connectivity index (χ3v) is 9.58. The van der Waals surface area contributed by atoms with Crippen LogP contribution in [0.4, 0.5) is 5.13 Å². The number of hydrogen-bond acceptors (Lipinski definition) is 14. The number of aromatic nitrogens is 12. The third kappa shape index (κ3) is 6.15. The molecule has 0 aliphatic heterocycles. The summed E-state index contributed by atoms with van der Waals surface area (Å²) in [6, 6.07) is 0. The molecule has 0 atom stereocenters. The Hall–Kier alpha value is -5.44. The van der Waals surface area contributed by atoms with Gasteiger partial charge in [-0.15, -0.1) is 31.7 Å². The van der Waals surface area contributed by atoms with Crippen LogP contribution < -0.4 is 27.8 Å². The average Bonchev–Trinajstić information content (AvgIpc) is 3.87. The van der Waals surface area contributed by atoms with E-state index < -0.39 is 28.4 Å². The molecular formula is C27H29N13O6S2. The standard InChI is InChI=1S/C27H29N13O6S2/c1-35-21-19(23(43)37(3)26(35)45)39(12-28-21)10-14(41)9-18-33-31-16(47-18)7-5-6-8-17-32-34-25(48-17)30-15(42)11-40-13-29-22-20(40)24(44)38(4)27(46)36(22)2/h12-13H,5-11H2,1-4H3,(H,30,34,42). The Labute approximate surface area is 276 Å². The van der Waals surface area contributed by atoms with Gasteiger partial charge in [0.25, 0.3) is 11.1 Å². The normalized spacial score (nSPS) is 11.6. The minimum absolute atomic E-state index is 0.0517. The van der Waals surface area contributed by atoms with Crippen molar-refractivity contribution in [2.75, 3.05) is 5.32 Å². The summed E-state index contributed by atoms with van der Waals surface area (Å²) >= 11 is 2.61. The summed E-state index contributed by atoms with van der Waals surface area (Å²) in [5.74, 6) is -0.602. The first-order chi connectivity index (χ1) is 22.9. The first-order valence-corrected chi connectivity index (χ1v) is 16.2. The molecule has 0 saturated heterocycles. The van der Waals surface area contributed by atoms with Gasteiger partial charge in [-0.25, -0.2) is 19.6 Å². The van der Waals surface area contributed by atoms with Gasteiger partial charge < -0.3 is 9.13 Å². The van der Waals surface area contributed by atoms with E-state index in [0.29, 0.717) is 23.0 Å². The highest BCUT2D eigenvalue weighted by molar-refractivity contribution is 7.15. The van der Waals surface area contributed by atoms with Crippen LogP contribution in [0.5, 0.6) is 0 Å². The maximum atomic E-state index is 12.8. The van der Waals surface area contributed by atoms with E-state index in [1.807, 2.05) is 0 Å². The molecule has 250 valence electrons. The topological polar surface area (TPSA) is 221 Å². The zero-order valence-electron chi connectivity index (χ0n) is 26.2. The lowest BCUT2D eigenvalue weighted by Crippen LogP contribution is -2.37. The SMILES string of the molecule is Cn1c(=O)c2c(ncn2CC(=O)Cc2nnc(CCCCc3nnc(NC(=O)Cn4cnc5c4c(=O)n(C)c(=O)n5C)s3)s2)n(C)c1=O.